The van der Waals surface area contributed by atoms with E-state index in [2.05, 4.69) is 21.2 Å². The summed E-state index contributed by atoms with van der Waals surface area (Å²) in [4.78, 5) is 11.6. The number of rotatable bonds is 3. The van der Waals surface area contributed by atoms with E-state index in [1.165, 1.54) is 18.9 Å². The molecule has 1 saturated carbocycles. The smallest absolute Gasteiger partial charge is 0.254 e. The zero-order chi connectivity index (χ0) is 10.8. The minimum absolute atomic E-state index is 0.102. The van der Waals surface area contributed by atoms with Gasteiger partial charge in [0.25, 0.3) is 5.91 Å². The number of amides is 1. The third-order valence-corrected chi connectivity index (χ3v) is 3.06. The monoisotopic (exact) mass is 271 g/mol. The SMILES string of the molecule is O=C(NCC1CC1)c1cccc(Br)c1F. The van der Waals surface area contributed by atoms with Gasteiger partial charge >= 0.3 is 0 Å². The first kappa shape index (κ1) is 10.6. The summed E-state index contributed by atoms with van der Waals surface area (Å²) in [6, 6.07) is 4.72. The second-order valence-corrected chi connectivity index (χ2v) is 4.61. The normalized spacial score (nSPS) is 15.1. The number of nitrogens with one attached hydrogen (secondary N) is 1. The summed E-state index contributed by atoms with van der Waals surface area (Å²) in [6.07, 6.45) is 2.34. The van der Waals surface area contributed by atoms with Crippen LogP contribution in [0.5, 0.6) is 0 Å². The number of carbonyl (C=O) groups is 1. The minimum atomic E-state index is -0.495. The van der Waals surface area contributed by atoms with Gasteiger partial charge in [-0.25, -0.2) is 4.39 Å². The standard InChI is InChI=1S/C11H11BrFNO/c12-9-3-1-2-8(10(9)13)11(15)14-6-7-4-5-7/h1-3,7H,4-6H2,(H,14,15). The van der Waals surface area contributed by atoms with Crippen LogP contribution in [0.3, 0.4) is 0 Å². The number of halogens is 2. The Balaban J connectivity index is 2.06. The van der Waals surface area contributed by atoms with Gasteiger partial charge in [0, 0.05) is 6.54 Å². The molecular weight excluding hydrogens is 261 g/mol. The van der Waals surface area contributed by atoms with Crippen LogP contribution in [0, 0.1) is 11.7 Å². The zero-order valence-corrected chi connectivity index (χ0v) is 9.68. The van der Waals surface area contributed by atoms with E-state index in [9.17, 15) is 9.18 Å². The third-order valence-electron chi connectivity index (χ3n) is 2.44. The molecule has 2 nitrogen and oxygen atoms in total. The second kappa shape index (κ2) is 4.31. The van der Waals surface area contributed by atoms with Crippen molar-refractivity contribution in [1.82, 2.24) is 5.32 Å². The van der Waals surface area contributed by atoms with Crippen LogP contribution in [0.15, 0.2) is 22.7 Å². The van der Waals surface area contributed by atoms with Crippen molar-refractivity contribution in [2.45, 2.75) is 12.8 Å². The first-order valence-corrected chi connectivity index (χ1v) is 5.70. The van der Waals surface area contributed by atoms with Crippen LogP contribution in [0.1, 0.15) is 23.2 Å². The van der Waals surface area contributed by atoms with Crippen LogP contribution in [0.25, 0.3) is 0 Å². The molecule has 2 rings (SSSR count). The van der Waals surface area contributed by atoms with Gasteiger partial charge in [-0.15, -0.1) is 0 Å². The molecule has 1 amide bonds. The third kappa shape index (κ3) is 2.56. The van der Waals surface area contributed by atoms with Gasteiger partial charge in [0.05, 0.1) is 10.0 Å². The lowest BCUT2D eigenvalue weighted by molar-refractivity contribution is 0.0947. The van der Waals surface area contributed by atoms with E-state index >= 15 is 0 Å². The van der Waals surface area contributed by atoms with Crippen LogP contribution in [0.4, 0.5) is 4.39 Å². The fourth-order valence-electron chi connectivity index (χ4n) is 1.33. The van der Waals surface area contributed by atoms with Gasteiger partial charge in [-0.05, 0) is 46.8 Å². The Morgan fingerprint density at radius 3 is 2.93 bits per heavy atom. The fraction of sp³-hybridized carbons (Fsp3) is 0.364. The van der Waals surface area contributed by atoms with Gasteiger partial charge in [-0.2, -0.15) is 0 Å². The Hall–Kier alpha value is -0.900. The molecule has 0 unspecified atom stereocenters. The summed E-state index contributed by atoms with van der Waals surface area (Å²) in [6.45, 7) is 0.658. The maximum absolute atomic E-state index is 13.5. The molecule has 0 heterocycles. The Labute approximate surface area is 96.0 Å². The summed E-state index contributed by atoms with van der Waals surface area (Å²) in [7, 11) is 0. The first-order chi connectivity index (χ1) is 7.18. The van der Waals surface area contributed by atoms with Gasteiger partial charge in [0.1, 0.15) is 5.82 Å². The molecule has 80 valence electrons. The van der Waals surface area contributed by atoms with E-state index in [4.69, 9.17) is 0 Å². The fourth-order valence-corrected chi connectivity index (χ4v) is 1.70. The van der Waals surface area contributed by atoms with Crippen LogP contribution < -0.4 is 5.32 Å². The maximum atomic E-state index is 13.5. The summed E-state index contributed by atoms with van der Waals surface area (Å²) < 4.78 is 13.8. The van der Waals surface area contributed by atoms with E-state index in [0.717, 1.165) is 0 Å². The van der Waals surface area contributed by atoms with Crippen LogP contribution in [0.2, 0.25) is 0 Å². The summed E-state index contributed by atoms with van der Waals surface area (Å²) >= 11 is 3.05. The van der Waals surface area contributed by atoms with E-state index in [-0.39, 0.29) is 11.5 Å². The highest BCUT2D eigenvalue weighted by molar-refractivity contribution is 9.10. The molecule has 15 heavy (non-hydrogen) atoms. The second-order valence-electron chi connectivity index (χ2n) is 3.75. The highest BCUT2D eigenvalue weighted by atomic mass is 79.9. The molecule has 0 bridgehead atoms. The Morgan fingerprint density at radius 1 is 1.53 bits per heavy atom. The molecule has 1 N–H and O–H groups in total. The van der Waals surface area contributed by atoms with Crippen molar-refractivity contribution >= 4 is 21.8 Å². The van der Waals surface area contributed by atoms with Crippen molar-refractivity contribution in [3.8, 4) is 0 Å². The van der Waals surface area contributed by atoms with Crippen molar-refractivity contribution in [2.75, 3.05) is 6.54 Å². The van der Waals surface area contributed by atoms with Crippen LogP contribution in [-0.2, 0) is 0 Å². The molecule has 0 radical (unpaired) electrons. The number of benzene rings is 1. The lowest BCUT2D eigenvalue weighted by Crippen LogP contribution is -2.26. The maximum Gasteiger partial charge on any atom is 0.254 e. The molecule has 1 aliphatic rings. The largest absolute Gasteiger partial charge is 0.352 e. The summed E-state index contributed by atoms with van der Waals surface area (Å²) in [5.41, 5.74) is 0.102. The van der Waals surface area contributed by atoms with Gasteiger partial charge in [0.2, 0.25) is 0 Å². The van der Waals surface area contributed by atoms with Crippen molar-refractivity contribution in [3.05, 3.63) is 34.1 Å². The van der Waals surface area contributed by atoms with E-state index < -0.39 is 5.82 Å². The molecular formula is C11H11BrFNO. The molecule has 0 atom stereocenters. The Bertz CT molecular complexity index is 390. The Morgan fingerprint density at radius 2 is 2.27 bits per heavy atom. The number of carbonyl (C=O) groups excluding carboxylic acids is 1. The van der Waals surface area contributed by atoms with Crippen LogP contribution in [-0.4, -0.2) is 12.5 Å². The quantitative estimate of drug-likeness (QED) is 0.900. The predicted octanol–water partition coefficient (Wildman–Crippen LogP) is 2.73. The van der Waals surface area contributed by atoms with Gasteiger partial charge in [0.15, 0.2) is 0 Å². The van der Waals surface area contributed by atoms with Crippen LogP contribution >= 0.6 is 15.9 Å². The molecule has 4 heteroatoms. The molecule has 0 spiro atoms. The molecule has 1 aromatic rings. The number of hydrogen-bond donors (Lipinski definition) is 1. The number of hydrogen-bond acceptors (Lipinski definition) is 1. The minimum Gasteiger partial charge on any atom is -0.352 e. The highest BCUT2D eigenvalue weighted by Gasteiger charge is 2.22. The molecule has 0 saturated heterocycles. The summed E-state index contributed by atoms with van der Waals surface area (Å²) in [5, 5.41) is 2.73. The average molecular weight is 272 g/mol. The van der Waals surface area contributed by atoms with Gasteiger partial charge in [-0.1, -0.05) is 6.07 Å². The van der Waals surface area contributed by atoms with Crippen molar-refractivity contribution in [2.24, 2.45) is 5.92 Å². The molecule has 0 aliphatic heterocycles. The van der Waals surface area contributed by atoms with Gasteiger partial charge < -0.3 is 5.32 Å². The molecule has 0 aromatic heterocycles. The van der Waals surface area contributed by atoms with E-state index in [1.807, 2.05) is 0 Å². The topological polar surface area (TPSA) is 29.1 Å². The lowest BCUT2D eigenvalue weighted by Gasteiger charge is -2.05. The molecule has 1 fully saturated rings. The predicted molar refractivity (Wildman–Crippen MR) is 59.2 cm³/mol. The Kier molecular flexibility index (Phi) is 3.05. The molecule has 1 aromatic carbocycles. The van der Waals surface area contributed by atoms with Crippen molar-refractivity contribution in [3.63, 3.8) is 0 Å². The van der Waals surface area contributed by atoms with Crippen molar-refractivity contribution in [1.29, 1.82) is 0 Å². The van der Waals surface area contributed by atoms with E-state index in [0.29, 0.717) is 16.9 Å². The molecule has 1 aliphatic carbocycles. The average Bonchev–Trinajstić information content (AvgIpc) is 3.02. The first-order valence-electron chi connectivity index (χ1n) is 4.90. The summed E-state index contributed by atoms with van der Waals surface area (Å²) in [5.74, 6) is -0.226. The van der Waals surface area contributed by atoms with Gasteiger partial charge in [-0.3, -0.25) is 4.79 Å². The lowest BCUT2D eigenvalue weighted by atomic mass is 10.2. The van der Waals surface area contributed by atoms with Crippen molar-refractivity contribution < 1.29 is 9.18 Å². The zero-order valence-electron chi connectivity index (χ0n) is 8.09. The highest BCUT2D eigenvalue weighted by Crippen LogP contribution is 2.27. The van der Waals surface area contributed by atoms with E-state index in [1.54, 1.807) is 12.1 Å².